The number of nitrogens with one attached hydrogen (secondary N) is 2. The maximum atomic E-state index is 6.47. The fourth-order valence-corrected chi connectivity index (χ4v) is 3.94. The number of nitrogens with two attached hydrogens (primary N) is 1. The largest absolute Gasteiger partial charge is 0.376 e. The number of rotatable bonds is 2. The molecule has 0 spiro atoms. The molecule has 0 bridgehead atoms. The molecule has 0 saturated carbocycles. The standard InChI is InChI=1S/C23H21N3/c24-22-18-6-2-4-8-21(18)26-23(22)17-11-9-16(10-12-17)20-14-13-15-5-1-3-7-19(15)25-20/h1-14,20,22-23,25-26H,24H2. The van der Waals surface area contributed by atoms with E-state index in [2.05, 4.69) is 83.4 Å². The summed E-state index contributed by atoms with van der Waals surface area (Å²) in [5.74, 6) is 0. The third-order valence-electron chi connectivity index (χ3n) is 5.38. The normalized spacial score (nSPS) is 22.9. The van der Waals surface area contributed by atoms with Crippen LogP contribution in [0.15, 0.2) is 78.9 Å². The van der Waals surface area contributed by atoms with E-state index in [9.17, 15) is 0 Å². The molecule has 3 nitrogen and oxygen atoms in total. The van der Waals surface area contributed by atoms with Crippen molar-refractivity contribution in [3.63, 3.8) is 0 Å². The van der Waals surface area contributed by atoms with Crippen LogP contribution in [-0.2, 0) is 0 Å². The van der Waals surface area contributed by atoms with Crippen LogP contribution in [0.5, 0.6) is 0 Å². The SMILES string of the molecule is NC1c2ccccc2NC1c1ccc(C2C=Cc3ccccc3N2)cc1. The Morgan fingerprint density at radius 2 is 1.38 bits per heavy atom. The van der Waals surface area contributed by atoms with Crippen molar-refractivity contribution in [2.75, 3.05) is 10.6 Å². The molecule has 3 atom stereocenters. The second kappa shape index (κ2) is 6.04. The molecule has 0 aromatic heterocycles. The van der Waals surface area contributed by atoms with Crippen LogP contribution in [0.4, 0.5) is 11.4 Å². The average molecular weight is 339 g/mol. The zero-order valence-corrected chi connectivity index (χ0v) is 14.4. The van der Waals surface area contributed by atoms with Gasteiger partial charge in [0.2, 0.25) is 0 Å². The highest BCUT2D eigenvalue weighted by Gasteiger charge is 2.30. The van der Waals surface area contributed by atoms with Crippen molar-refractivity contribution in [3.05, 3.63) is 101 Å². The predicted molar refractivity (Wildman–Crippen MR) is 108 cm³/mol. The lowest BCUT2D eigenvalue weighted by Gasteiger charge is -2.23. The first kappa shape index (κ1) is 15.2. The summed E-state index contributed by atoms with van der Waals surface area (Å²) in [5, 5.41) is 7.16. The van der Waals surface area contributed by atoms with Crippen LogP contribution in [0, 0.1) is 0 Å². The van der Waals surface area contributed by atoms with Crippen LogP contribution < -0.4 is 16.4 Å². The molecule has 0 saturated heterocycles. The highest BCUT2D eigenvalue weighted by molar-refractivity contribution is 5.71. The molecule has 4 N–H and O–H groups in total. The zero-order valence-electron chi connectivity index (χ0n) is 14.4. The number of para-hydroxylation sites is 2. The molecule has 0 aliphatic carbocycles. The van der Waals surface area contributed by atoms with Gasteiger partial charge in [0.1, 0.15) is 0 Å². The number of anilines is 2. The van der Waals surface area contributed by atoms with Gasteiger partial charge in [-0.15, -0.1) is 0 Å². The van der Waals surface area contributed by atoms with Crippen molar-refractivity contribution in [2.45, 2.75) is 18.1 Å². The third kappa shape index (κ3) is 2.49. The number of fused-ring (bicyclic) bond motifs is 2. The van der Waals surface area contributed by atoms with E-state index < -0.39 is 0 Å². The molecule has 3 unspecified atom stereocenters. The van der Waals surface area contributed by atoms with Crippen LogP contribution in [0.2, 0.25) is 0 Å². The first-order chi connectivity index (χ1) is 12.8. The molecule has 3 aromatic rings. The monoisotopic (exact) mass is 339 g/mol. The number of benzene rings is 3. The summed E-state index contributed by atoms with van der Waals surface area (Å²) in [7, 11) is 0. The quantitative estimate of drug-likeness (QED) is 0.613. The molecule has 2 heterocycles. The third-order valence-corrected chi connectivity index (χ3v) is 5.38. The summed E-state index contributed by atoms with van der Waals surface area (Å²) in [6, 6.07) is 25.7. The molecule has 26 heavy (non-hydrogen) atoms. The molecule has 128 valence electrons. The minimum absolute atomic E-state index is 0.0170. The second-order valence-corrected chi connectivity index (χ2v) is 6.97. The summed E-state index contributed by atoms with van der Waals surface area (Å²) in [6.45, 7) is 0. The summed E-state index contributed by atoms with van der Waals surface area (Å²) in [6.07, 6.45) is 4.40. The van der Waals surface area contributed by atoms with Crippen molar-refractivity contribution in [1.82, 2.24) is 0 Å². The van der Waals surface area contributed by atoms with Gasteiger partial charge in [0.25, 0.3) is 0 Å². The van der Waals surface area contributed by atoms with E-state index in [1.165, 1.54) is 27.9 Å². The zero-order chi connectivity index (χ0) is 17.5. The Hall–Kier alpha value is -3.04. The Balaban J connectivity index is 1.38. The molecule has 2 aliphatic rings. The van der Waals surface area contributed by atoms with Crippen LogP contribution in [0.25, 0.3) is 6.08 Å². The maximum absolute atomic E-state index is 6.47. The molecule has 5 rings (SSSR count). The minimum atomic E-state index is -0.0170. The predicted octanol–water partition coefficient (Wildman–Crippen LogP) is 5.03. The molecule has 3 aromatic carbocycles. The Kier molecular flexibility index (Phi) is 3.54. The fraction of sp³-hybridized carbons (Fsp3) is 0.130. The lowest BCUT2D eigenvalue weighted by molar-refractivity contribution is 0.647. The highest BCUT2D eigenvalue weighted by Crippen LogP contribution is 2.41. The lowest BCUT2D eigenvalue weighted by atomic mass is 9.95. The van der Waals surface area contributed by atoms with Crippen LogP contribution in [0.1, 0.15) is 40.4 Å². The van der Waals surface area contributed by atoms with Crippen molar-refractivity contribution in [2.24, 2.45) is 5.73 Å². The van der Waals surface area contributed by atoms with Gasteiger partial charge >= 0.3 is 0 Å². The van der Waals surface area contributed by atoms with Crippen LogP contribution >= 0.6 is 0 Å². The minimum Gasteiger partial charge on any atom is -0.376 e. The summed E-state index contributed by atoms with van der Waals surface area (Å²) >= 11 is 0. The maximum Gasteiger partial charge on any atom is 0.0707 e. The molecule has 3 heteroatoms. The van der Waals surface area contributed by atoms with Crippen molar-refractivity contribution < 1.29 is 0 Å². The van der Waals surface area contributed by atoms with E-state index >= 15 is 0 Å². The Labute approximate surface area is 153 Å². The van der Waals surface area contributed by atoms with E-state index in [4.69, 9.17) is 5.73 Å². The average Bonchev–Trinajstić information content (AvgIpc) is 3.05. The first-order valence-electron chi connectivity index (χ1n) is 9.04. The highest BCUT2D eigenvalue weighted by atomic mass is 15.0. The van der Waals surface area contributed by atoms with E-state index in [0.717, 1.165) is 5.69 Å². The van der Waals surface area contributed by atoms with Gasteiger partial charge < -0.3 is 16.4 Å². The van der Waals surface area contributed by atoms with Crippen LogP contribution in [0.3, 0.4) is 0 Å². The number of hydrogen-bond donors (Lipinski definition) is 3. The van der Waals surface area contributed by atoms with Gasteiger partial charge in [-0.2, -0.15) is 0 Å². The number of hydrogen-bond acceptors (Lipinski definition) is 3. The van der Waals surface area contributed by atoms with Crippen molar-refractivity contribution >= 4 is 17.5 Å². The van der Waals surface area contributed by atoms with Gasteiger partial charge in [-0.25, -0.2) is 0 Å². The van der Waals surface area contributed by atoms with E-state index in [0.29, 0.717) is 0 Å². The van der Waals surface area contributed by atoms with E-state index in [-0.39, 0.29) is 18.1 Å². The molecular weight excluding hydrogens is 318 g/mol. The molecule has 0 radical (unpaired) electrons. The molecule has 2 aliphatic heterocycles. The van der Waals surface area contributed by atoms with Gasteiger partial charge in [-0.1, -0.05) is 72.8 Å². The topological polar surface area (TPSA) is 50.1 Å². The molecule has 0 amide bonds. The smallest absolute Gasteiger partial charge is 0.0707 e. The van der Waals surface area contributed by atoms with Gasteiger partial charge in [-0.3, -0.25) is 0 Å². The van der Waals surface area contributed by atoms with E-state index in [1.807, 2.05) is 12.1 Å². The second-order valence-electron chi connectivity index (χ2n) is 6.97. The van der Waals surface area contributed by atoms with Crippen LogP contribution in [-0.4, -0.2) is 0 Å². The van der Waals surface area contributed by atoms with Crippen molar-refractivity contribution in [1.29, 1.82) is 0 Å². The van der Waals surface area contributed by atoms with Gasteiger partial charge in [0, 0.05) is 11.4 Å². The summed E-state index contributed by atoms with van der Waals surface area (Å²) < 4.78 is 0. The van der Waals surface area contributed by atoms with Crippen molar-refractivity contribution in [3.8, 4) is 0 Å². The summed E-state index contributed by atoms with van der Waals surface area (Å²) in [5.41, 5.74) is 13.7. The summed E-state index contributed by atoms with van der Waals surface area (Å²) in [4.78, 5) is 0. The van der Waals surface area contributed by atoms with Gasteiger partial charge in [-0.05, 0) is 34.4 Å². The fourth-order valence-electron chi connectivity index (χ4n) is 3.94. The van der Waals surface area contributed by atoms with Gasteiger partial charge in [0.05, 0.1) is 18.1 Å². The Bertz CT molecular complexity index is 975. The van der Waals surface area contributed by atoms with Gasteiger partial charge in [0.15, 0.2) is 0 Å². The molecular formula is C23H21N3. The Morgan fingerprint density at radius 1 is 0.692 bits per heavy atom. The lowest BCUT2D eigenvalue weighted by Crippen LogP contribution is -2.19. The van der Waals surface area contributed by atoms with E-state index in [1.54, 1.807) is 0 Å². The Morgan fingerprint density at radius 3 is 2.19 bits per heavy atom. The molecule has 0 fully saturated rings. The first-order valence-corrected chi connectivity index (χ1v) is 9.04.